The highest BCUT2D eigenvalue weighted by Gasteiger charge is 2.38. The highest BCUT2D eigenvalue weighted by molar-refractivity contribution is 6.13. The van der Waals surface area contributed by atoms with Crippen molar-refractivity contribution in [1.82, 2.24) is 14.5 Å². The summed E-state index contributed by atoms with van der Waals surface area (Å²) in [4.78, 5) is 9.22. The molecule has 2 heterocycles. The molecule has 0 spiro atoms. The van der Waals surface area contributed by atoms with Gasteiger partial charge in [-0.1, -0.05) is 80.6 Å². The standard InChI is InChI=1S/C29H21N3/c1-29(2)22-12-6-5-11-20(22)21-14-15-24-26(27(21)29)28-25(16-30-17-31-28)32(24)23-13-7-9-18-8-3-4-10-19(18)23/h3-17H,1-2H3. The molecule has 1 aliphatic carbocycles. The van der Waals surface area contributed by atoms with E-state index in [-0.39, 0.29) is 5.41 Å². The predicted octanol–water partition coefficient (Wildman–Crippen LogP) is 7.03. The first-order valence-corrected chi connectivity index (χ1v) is 11.0. The molecule has 3 heteroatoms. The van der Waals surface area contributed by atoms with Gasteiger partial charge < -0.3 is 4.57 Å². The molecule has 2 aromatic heterocycles. The van der Waals surface area contributed by atoms with Gasteiger partial charge in [0.25, 0.3) is 0 Å². The lowest BCUT2D eigenvalue weighted by Gasteiger charge is -2.22. The summed E-state index contributed by atoms with van der Waals surface area (Å²) in [6.07, 6.45) is 3.62. The third-order valence-electron chi connectivity index (χ3n) is 7.12. The zero-order valence-corrected chi connectivity index (χ0v) is 18.0. The largest absolute Gasteiger partial charge is 0.306 e. The summed E-state index contributed by atoms with van der Waals surface area (Å²) in [5.41, 5.74) is 9.67. The Kier molecular flexibility index (Phi) is 3.34. The molecular weight excluding hydrogens is 390 g/mol. The van der Waals surface area contributed by atoms with Crippen LogP contribution >= 0.6 is 0 Å². The van der Waals surface area contributed by atoms with Crippen LogP contribution in [0.3, 0.4) is 0 Å². The van der Waals surface area contributed by atoms with Gasteiger partial charge in [0.15, 0.2) is 0 Å². The minimum Gasteiger partial charge on any atom is -0.306 e. The maximum atomic E-state index is 4.81. The van der Waals surface area contributed by atoms with Gasteiger partial charge in [-0.25, -0.2) is 9.97 Å². The molecule has 0 bridgehead atoms. The molecule has 0 unspecified atom stereocenters. The molecular formula is C29H21N3. The quantitative estimate of drug-likeness (QED) is 0.291. The number of nitrogens with zero attached hydrogens (tertiary/aromatic N) is 3. The van der Waals surface area contributed by atoms with Gasteiger partial charge in [-0.15, -0.1) is 0 Å². The van der Waals surface area contributed by atoms with Crippen molar-refractivity contribution in [3.8, 4) is 16.8 Å². The lowest BCUT2D eigenvalue weighted by Crippen LogP contribution is -2.15. The Morgan fingerprint density at radius 2 is 1.56 bits per heavy atom. The fourth-order valence-corrected chi connectivity index (χ4v) is 5.76. The molecule has 3 nitrogen and oxygen atoms in total. The molecule has 1 aliphatic rings. The van der Waals surface area contributed by atoms with Gasteiger partial charge >= 0.3 is 0 Å². The monoisotopic (exact) mass is 411 g/mol. The molecule has 0 atom stereocenters. The Morgan fingerprint density at radius 3 is 2.50 bits per heavy atom. The Morgan fingerprint density at radius 1 is 0.750 bits per heavy atom. The maximum Gasteiger partial charge on any atom is 0.116 e. The second-order valence-electron chi connectivity index (χ2n) is 9.14. The Balaban J connectivity index is 1.69. The van der Waals surface area contributed by atoms with Crippen molar-refractivity contribution in [3.05, 3.63) is 103 Å². The molecule has 4 aromatic carbocycles. The smallest absolute Gasteiger partial charge is 0.116 e. The number of aromatic nitrogens is 3. The summed E-state index contributed by atoms with van der Waals surface area (Å²) in [6.45, 7) is 4.67. The van der Waals surface area contributed by atoms with Crippen LogP contribution in [0.15, 0.2) is 91.4 Å². The molecule has 32 heavy (non-hydrogen) atoms. The Hall–Kier alpha value is -3.98. The molecule has 0 N–H and O–H groups in total. The third-order valence-corrected chi connectivity index (χ3v) is 7.12. The summed E-state index contributed by atoms with van der Waals surface area (Å²) >= 11 is 0. The SMILES string of the molecule is CC1(C)c2ccccc2-c2ccc3c(c21)c1ncncc1n3-c1cccc2ccccc12. The molecule has 0 saturated heterocycles. The predicted molar refractivity (Wildman–Crippen MR) is 131 cm³/mol. The number of hydrogen-bond acceptors (Lipinski definition) is 2. The molecule has 0 aliphatic heterocycles. The Bertz CT molecular complexity index is 1700. The lowest BCUT2D eigenvalue weighted by atomic mass is 9.81. The highest BCUT2D eigenvalue weighted by Crippen LogP contribution is 2.52. The Labute approximate surface area is 186 Å². The van der Waals surface area contributed by atoms with Gasteiger partial charge in [0.2, 0.25) is 0 Å². The van der Waals surface area contributed by atoms with Crippen LogP contribution in [-0.4, -0.2) is 14.5 Å². The first-order chi connectivity index (χ1) is 15.7. The average Bonchev–Trinajstić information content (AvgIpc) is 3.28. The van der Waals surface area contributed by atoms with Crippen LogP contribution in [0.2, 0.25) is 0 Å². The van der Waals surface area contributed by atoms with E-state index in [1.165, 1.54) is 43.9 Å². The second-order valence-corrected chi connectivity index (χ2v) is 9.14. The van der Waals surface area contributed by atoms with Crippen LogP contribution in [-0.2, 0) is 5.41 Å². The number of rotatable bonds is 1. The van der Waals surface area contributed by atoms with Crippen molar-refractivity contribution in [1.29, 1.82) is 0 Å². The van der Waals surface area contributed by atoms with Gasteiger partial charge in [-0.3, -0.25) is 0 Å². The van der Waals surface area contributed by atoms with E-state index in [1.54, 1.807) is 6.33 Å². The number of hydrogen-bond donors (Lipinski definition) is 0. The normalized spacial score (nSPS) is 14.2. The van der Waals surface area contributed by atoms with Gasteiger partial charge in [0.05, 0.1) is 22.9 Å². The van der Waals surface area contributed by atoms with Crippen LogP contribution in [0, 0.1) is 0 Å². The summed E-state index contributed by atoms with van der Waals surface area (Å²) in [5, 5.41) is 3.68. The molecule has 0 amide bonds. The molecule has 6 aromatic rings. The van der Waals surface area contributed by atoms with Crippen LogP contribution < -0.4 is 0 Å². The zero-order valence-electron chi connectivity index (χ0n) is 18.0. The van der Waals surface area contributed by atoms with E-state index < -0.39 is 0 Å². The van der Waals surface area contributed by atoms with Gasteiger partial charge in [-0.05, 0) is 39.8 Å². The van der Waals surface area contributed by atoms with Crippen LogP contribution in [0.1, 0.15) is 25.0 Å². The fraction of sp³-hybridized carbons (Fsp3) is 0.103. The van der Waals surface area contributed by atoms with E-state index in [1.807, 2.05) is 6.20 Å². The summed E-state index contributed by atoms with van der Waals surface area (Å²) < 4.78 is 2.34. The third kappa shape index (κ3) is 2.10. The van der Waals surface area contributed by atoms with Crippen molar-refractivity contribution in [3.63, 3.8) is 0 Å². The molecule has 0 radical (unpaired) electrons. The number of benzene rings is 4. The summed E-state index contributed by atoms with van der Waals surface area (Å²) in [6, 6.07) is 28.4. The topological polar surface area (TPSA) is 30.7 Å². The lowest BCUT2D eigenvalue weighted by molar-refractivity contribution is 0.666. The summed E-state index contributed by atoms with van der Waals surface area (Å²) in [7, 11) is 0. The van der Waals surface area contributed by atoms with Crippen molar-refractivity contribution < 1.29 is 0 Å². The van der Waals surface area contributed by atoms with Crippen molar-refractivity contribution in [2.24, 2.45) is 0 Å². The van der Waals surface area contributed by atoms with Crippen LogP contribution in [0.25, 0.3) is 49.5 Å². The van der Waals surface area contributed by atoms with Crippen molar-refractivity contribution >= 4 is 32.7 Å². The number of fused-ring (bicyclic) bond motifs is 8. The molecule has 0 saturated carbocycles. The van der Waals surface area contributed by atoms with E-state index in [4.69, 9.17) is 4.98 Å². The first-order valence-electron chi connectivity index (χ1n) is 11.0. The molecule has 152 valence electrons. The van der Waals surface area contributed by atoms with E-state index in [9.17, 15) is 0 Å². The first kappa shape index (κ1) is 17.7. The highest BCUT2D eigenvalue weighted by atomic mass is 15.0. The fourth-order valence-electron chi connectivity index (χ4n) is 5.76. The van der Waals surface area contributed by atoms with E-state index in [2.05, 4.69) is 102 Å². The maximum absolute atomic E-state index is 4.81. The zero-order chi connectivity index (χ0) is 21.4. The van der Waals surface area contributed by atoms with Crippen LogP contribution in [0.5, 0.6) is 0 Å². The molecule has 7 rings (SSSR count). The van der Waals surface area contributed by atoms with Crippen molar-refractivity contribution in [2.75, 3.05) is 0 Å². The second kappa shape index (κ2) is 6.04. The van der Waals surface area contributed by atoms with Gasteiger partial charge in [-0.2, -0.15) is 0 Å². The minimum atomic E-state index is -0.103. The van der Waals surface area contributed by atoms with Crippen LogP contribution in [0.4, 0.5) is 0 Å². The summed E-state index contributed by atoms with van der Waals surface area (Å²) in [5.74, 6) is 0. The average molecular weight is 412 g/mol. The molecule has 0 fully saturated rings. The van der Waals surface area contributed by atoms with E-state index in [0.29, 0.717) is 0 Å². The minimum absolute atomic E-state index is 0.103. The van der Waals surface area contributed by atoms with Gasteiger partial charge in [0, 0.05) is 16.2 Å². The van der Waals surface area contributed by atoms with E-state index in [0.717, 1.165) is 16.7 Å². The van der Waals surface area contributed by atoms with E-state index >= 15 is 0 Å². The van der Waals surface area contributed by atoms with Crippen molar-refractivity contribution in [2.45, 2.75) is 19.3 Å². The van der Waals surface area contributed by atoms with Gasteiger partial charge in [0.1, 0.15) is 11.8 Å².